The number of thiophene rings is 1. The monoisotopic (exact) mass is 390 g/mol. The van der Waals surface area contributed by atoms with Crippen molar-refractivity contribution in [2.45, 2.75) is 20.3 Å². The lowest BCUT2D eigenvalue weighted by molar-refractivity contribution is 0.0994. The van der Waals surface area contributed by atoms with Crippen molar-refractivity contribution in [3.63, 3.8) is 0 Å². The van der Waals surface area contributed by atoms with Crippen molar-refractivity contribution in [2.75, 3.05) is 0 Å². The van der Waals surface area contributed by atoms with Crippen LogP contribution in [0.2, 0.25) is 0 Å². The lowest BCUT2D eigenvalue weighted by Crippen LogP contribution is -2.07. The summed E-state index contributed by atoms with van der Waals surface area (Å²) in [6.07, 6.45) is 0.365. The summed E-state index contributed by atoms with van der Waals surface area (Å²) < 4.78 is 3.70. The summed E-state index contributed by atoms with van der Waals surface area (Å²) in [6.45, 7) is 3.91. The van der Waals surface area contributed by atoms with Gasteiger partial charge in [-0.1, -0.05) is 0 Å². The molecule has 6 heteroatoms. The van der Waals surface area contributed by atoms with Gasteiger partial charge in [-0.3, -0.25) is 9.48 Å². The predicted octanol–water partition coefficient (Wildman–Crippen LogP) is 4.05. The van der Waals surface area contributed by atoms with Gasteiger partial charge >= 0.3 is 0 Å². The molecule has 2 rings (SSSR count). The van der Waals surface area contributed by atoms with E-state index in [1.807, 2.05) is 27.0 Å². The van der Waals surface area contributed by atoms with Gasteiger partial charge < -0.3 is 0 Å². The van der Waals surface area contributed by atoms with Crippen LogP contribution in [0.5, 0.6) is 0 Å². The SMILES string of the molecule is Cc1cc(C(=O)Cc2c(Br)c(C)nn2C)sc1Br. The highest BCUT2D eigenvalue weighted by molar-refractivity contribution is 9.11. The minimum Gasteiger partial charge on any atom is -0.293 e. The maximum Gasteiger partial charge on any atom is 0.178 e. The lowest BCUT2D eigenvalue weighted by atomic mass is 10.1. The number of hydrogen-bond acceptors (Lipinski definition) is 3. The fraction of sp³-hybridized carbons (Fsp3) is 0.333. The summed E-state index contributed by atoms with van der Waals surface area (Å²) >= 11 is 8.41. The molecular weight excluding hydrogens is 380 g/mol. The second-order valence-electron chi connectivity index (χ2n) is 4.14. The van der Waals surface area contributed by atoms with Crippen LogP contribution in [-0.4, -0.2) is 15.6 Å². The molecule has 0 atom stereocenters. The van der Waals surface area contributed by atoms with Crippen molar-refractivity contribution in [3.8, 4) is 0 Å². The van der Waals surface area contributed by atoms with Crippen molar-refractivity contribution >= 4 is 49.0 Å². The number of aryl methyl sites for hydroxylation is 3. The minimum atomic E-state index is 0.123. The van der Waals surface area contributed by atoms with Crippen molar-refractivity contribution in [1.29, 1.82) is 0 Å². The van der Waals surface area contributed by atoms with E-state index in [1.165, 1.54) is 11.3 Å². The van der Waals surface area contributed by atoms with E-state index in [2.05, 4.69) is 37.0 Å². The number of nitrogens with zero attached hydrogens (tertiary/aromatic N) is 2. The Balaban J connectivity index is 2.26. The molecule has 2 heterocycles. The molecule has 0 aromatic carbocycles. The van der Waals surface area contributed by atoms with Gasteiger partial charge in [0.05, 0.1) is 30.9 Å². The molecule has 18 heavy (non-hydrogen) atoms. The number of hydrogen-bond donors (Lipinski definition) is 0. The lowest BCUT2D eigenvalue weighted by Gasteiger charge is -2.00. The van der Waals surface area contributed by atoms with Gasteiger partial charge in [-0.15, -0.1) is 11.3 Å². The molecule has 0 N–H and O–H groups in total. The zero-order valence-electron chi connectivity index (χ0n) is 10.3. The van der Waals surface area contributed by atoms with Gasteiger partial charge in [0.25, 0.3) is 0 Å². The van der Waals surface area contributed by atoms with Crippen LogP contribution in [0.25, 0.3) is 0 Å². The molecule has 3 nitrogen and oxygen atoms in total. The Morgan fingerprint density at radius 2 is 2.11 bits per heavy atom. The maximum atomic E-state index is 12.2. The zero-order valence-corrected chi connectivity index (χ0v) is 14.2. The highest BCUT2D eigenvalue weighted by atomic mass is 79.9. The van der Waals surface area contributed by atoms with E-state index >= 15 is 0 Å². The largest absolute Gasteiger partial charge is 0.293 e. The van der Waals surface area contributed by atoms with Gasteiger partial charge in [0, 0.05) is 7.05 Å². The van der Waals surface area contributed by atoms with Gasteiger partial charge in [0.15, 0.2) is 5.78 Å². The number of halogens is 2. The average molecular weight is 392 g/mol. The number of Topliss-reactive ketones (excluding diaryl/α,β-unsaturated/α-hetero) is 1. The Morgan fingerprint density at radius 3 is 2.56 bits per heavy atom. The first-order chi connectivity index (χ1) is 8.40. The molecule has 0 aliphatic carbocycles. The molecule has 2 aromatic heterocycles. The number of carbonyl (C=O) groups is 1. The van der Waals surface area contributed by atoms with Crippen LogP contribution < -0.4 is 0 Å². The number of carbonyl (C=O) groups excluding carboxylic acids is 1. The highest BCUT2D eigenvalue weighted by Crippen LogP contribution is 2.29. The topological polar surface area (TPSA) is 34.9 Å². The van der Waals surface area contributed by atoms with Gasteiger partial charge in [-0.25, -0.2) is 0 Å². The predicted molar refractivity (Wildman–Crippen MR) is 80.4 cm³/mol. The average Bonchev–Trinajstić information content (AvgIpc) is 2.75. The normalized spacial score (nSPS) is 10.9. The smallest absolute Gasteiger partial charge is 0.178 e. The van der Waals surface area contributed by atoms with Gasteiger partial charge in [-0.2, -0.15) is 5.10 Å². The summed E-state index contributed by atoms with van der Waals surface area (Å²) in [6, 6.07) is 1.92. The molecule has 0 aliphatic heterocycles. The first-order valence-electron chi connectivity index (χ1n) is 5.37. The molecule has 0 unspecified atom stereocenters. The van der Waals surface area contributed by atoms with Crippen molar-refractivity contribution in [2.24, 2.45) is 7.05 Å². The third kappa shape index (κ3) is 2.60. The second-order valence-corrected chi connectivity index (χ2v) is 7.30. The summed E-state index contributed by atoms with van der Waals surface area (Å²) in [5.41, 5.74) is 2.92. The number of rotatable bonds is 3. The van der Waals surface area contributed by atoms with Crippen LogP contribution in [0.15, 0.2) is 14.3 Å². The van der Waals surface area contributed by atoms with Gasteiger partial charge in [-0.05, 0) is 57.3 Å². The summed E-state index contributed by atoms with van der Waals surface area (Å²) in [5.74, 6) is 0.123. The zero-order chi connectivity index (χ0) is 13.4. The van der Waals surface area contributed by atoms with E-state index in [4.69, 9.17) is 0 Å². The number of aromatic nitrogens is 2. The van der Waals surface area contributed by atoms with Crippen LogP contribution in [0.1, 0.15) is 26.6 Å². The molecular formula is C12H12Br2N2OS. The number of ketones is 1. The molecule has 0 fully saturated rings. The van der Waals surface area contributed by atoms with E-state index in [1.54, 1.807) is 4.68 Å². The van der Waals surface area contributed by atoms with Crippen LogP contribution in [-0.2, 0) is 13.5 Å². The Morgan fingerprint density at radius 1 is 1.44 bits per heavy atom. The molecule has 0 radical (unpaired) electrons. The first-order valence-corrected chi connectivity index (χ1v) is 7.77. The van der Waals surface area contributed by atoms with E-state index in [9.17, 15) is 4.79 Å². The highest BCUT2D eigenvalue weighted by Gasteiger charge is 2.17. The van der Waals surface area contributed by atoms with E-state index < -0.39 is 0 Å². The first kappa shape index (κ1) is 14.0. The standard InChI is InChI=1S/C12H12Br2N2OS/c1-6-4-10(18-12(6)14)9(17)5-8-11(13)7(2)15-16(8)3/h4H,5H2,1-3H3. The van der Waals surface area contributed by atoms with Crippen LogP contribution in [0, 0.1) is 13.8 Å². The maximum absolute atomic E-state index is 12.2. The summed E-state index contributed by atoms with van der Waals surface area (Å²) in [4.78, 5) is 13.0. The fourth-order valence-corrected chi connectivity index (χ4v) is 3.66. The van der Waals surface area contributed by atoms with Crippen LogP contribution in [0.4, 0.5) is 0 Å². The Kier molecular flexibility index (Phi) is 4.08. The Bertz CT molecular complexity index is 596. The van der Waals surface area contributed by atoms with Gasteiger partial charge in [0.2, 0.25) is 0 Å². The molecule has 0 amide bonds. The third-order valence-electron chi connectivity index (χ3n) is 2.72. The van der Waals surface area contributed by atoms with E-state index in [-0.39, 0.29) is 5.78 Å². The van der Waals surface area contributed by atoms with Crippen molar-refractivity contribution in [1.82, 2.24) is 9.78 Å². The Labute approximate surface area is 126 Å². The summed E-state index contributed by atoms with van der Waals surface area (Å²) in [7, 11) is 1.86. The fourth-order valence-electron chi connectivity index (χ4n) is 1.71. The molecule has 0 bridgehead atoms. The van der Waals surface area contributed by atoms with Crippen molar-refractivity contribution < 1.29 is 4.79 Å². The molecule has 0 saturated carbocycles. The quantitative estimate of drug-likeness (QED) is 0.739. The summed E-state index contributed by atoms with van der Waals surface area (Å²) in [5, 5.41) is 4.29. The van der Waals surface area contributed by atoms with Crippen LogP contribution in [0.3, 0.4) is 0 Å². The third-order valence-corrected chi connectivity index (χ3v) is 5.93. The molecule has 0 aliphatic rings. The molecule has 0 spiro atoms. The molecule has 2 aromatic rings. The molecule has 96 valence electrons. The van der Waals surface area contributed by atoms with Crippen LogP contribution >= 0.6 is 43.2 Å². The van der Waals surface area contributed by atoms with E-state index in [0.717, 1.165) is 30.1 Å². The van der Waals surface area contributed by atoms with Crippen molar-refractivity contribution in [3.05, 3.63) is 36.2 Å². The van der Waals surface area contributed by atoms with Gasteiger partial charge in [0.1, 0.15) is 0 Å². The van der Waals surface area contributed by atoms with E-state index in [0.29, 0.717) is 6.42 Å². The molecule has 0 saturated heterocycles. The minimum absolute atomic E-state index is 0.123. The Hall–Kier alpha value is -0.460. The second kappa shape index (κ2) is 5.27.